The lowest BCUT2D eigenvalue weighted by atomic mass is 9.81. The molecule has 158 valence electrons. The van der Waals surface area contributed by atoms with Crippen LogP contribution in [0.4, 0.5) is 5.69 Å². The average molecular weight is 408 g/mol. The fourth-order valence-corrected chi connectivity index (χ4v) is 3.95. The number of carbonyl (C=O) groups is 3. The highest BCUT2D eigenvalue weighted by atomic mass is 16.7. The van der Waals surface area contributed by atoms with Crippen LogP contribution in [-0.4, -0.2) is 82.7 Å². The molecular weight excluding hydrogens is 384 g/mol. The SMILES string of the molecule is COC(=O)[C@H]1[C@H]([C@H]2[C@@H](OC)C(=O)N2c2ccc(OC)cc2)N(C)O[C@@H]1C(=O)OC. The van der Waals surface area contributed by atoms with Crippen molar-refractivity contribution >= 4 is 23.5 Å². The Kier molecular flexibility index (Phi) is 6.06. The minimum Gasteiger partial charge on any atom is -0.497 e. The molecule has 29 heavy (non-hydrogen) atoms. The molecule has 2 aliphatic rings. The van der Waals surface area contributed by atoms with Crippen LogP contribution in [0.15, 0.2) is 24.3 Å². The van der Waals surface area contributed by atoms with E-state index in [4.69, 9.17) is 23.8 Å². The van der Waals surface area contributed by atoms with Crippen LogP contribution in [0.5, 0.6) is 5.75 Å². The van der Waals surface area contributed by atoms with Gasteiger partial charge in [-0.15, -0.1) is 0 Å². The van der Waals surface area contributed by atoms with Crippen LogP contribution in [0.2, 0.25) is 0 Å². The first kappa shape index (κ1) is 21.0. The number of hydrogen-bond acceptors (Lipinski definition) is 9. The van der Waals surface area contributed by atoms with Crippen molar-refractivity contribution in [2.45, 2.75) is 24.3 Å². The van der Waals surface area contributed by atoms with E-state index in [0.717, 1.165) is 0 Å². The quantitative estimate of drug-likeness (QED) is 0.475. The summed E-state index contributed by atoms with van der Waals surface area (Å²) >= 11 is 0. The molecule has 10 nitrogen and oxygen atoms in total. The summed E-state index contributed by atoms with van der Waals surface area (Å²) in [7, 11) is 6.99. The van der Waals surface area contributed by atoms with Gasteiger partial charge < -0.3 is 23.8 Å². The Balaban J connectivity index is 1.99. The van der Waals surface area contributed by atoms with Gasteiger partial charge in [0.05, 0.1) is 33.4 Å². The van der Waals surface area contributed by atoms with Gasteiger partial charge in [-0.3, -0.25) is 14.4 Å². The van der Waals surface area contributed by atoms with Crippen molar-refractivity contribution in [2.75, 3.05) is 40.4 Å². The lowest BCUT2D eigenvalue weighted by Gasteiger charge is -2.50. The number of hydroxylamine groups is 2. The summed E-state index contributed by atoms with van der Waals surface area (Å²) in [6.45, 7) is 0. The lowest BCUT2D eigenvalue weighted by Crippen LogP contribution is -2.73. The van der Waals surface area contributed by atoms with E-state index >= 15 is 0 Å². The lowest BCUT2D eigenvalue weighted by molar-refractivity contribution is -0.185. The molecule has 1 aromatic rings. The molecule has 0 unspecified atom stereocenters. The molecule has 5 atom stereocenters. The summed E-state index contributed by atoms with van der Waals surface area (Å²) in [5, 5.41) is 1.39. The largest absolute Gasteiger partial charge is 0.497 e. The molecule has 0 aliphatic carbocycles. The molecular formula is C19H24N2O8. The molecule has 0 N–H and O–H groups in total. The van der Waals surface area contributed by atoms with Gasteiger partial charge in [0.2, 0.25) is 0 Å². The second-order valence-corrected chi connectivity index (χ2v) is 6.69. The van der Waals surface area contributed by atoms with Gasteiger partial charge in [-0.25, -0.2) is 4.79 Å². The molecule has 2 saturated heterocycles. The molecule has 0 radical (unpaired) electrons. The normalized spacial score (nSPS) is 29.3. The van der Waals surface area contributed by atoms with E-state index in [-0.39, 0.29) is 5.91 Å². The molecule has 0 aromatic heterocycles. The third-order valence-electron chi connectivity index (χ3n) is 5.34. The maximum atomic E-state index is 12.7. The van der Waals surface area contributed by atoms with Crippen molar-refractivity contribution in [3.05, 3.63) is 24.3 Å². The molecule has 0 bridgehead atoms. The predicted molar refractivity (Wildman–Crippen MR) is 99.0 cm³/mol. The summed E-state index contributed by atoms with van der Waals surface area (Å²) in [4.78, 5) is 44.6. The number of esters is 2. The molecule has 10 heteroatoms. The highest BCUT2D eigenvalue weighted by Crippen LogP contribution is 2.41. The van der Waals surface area contributed by atoms with E-state index in [2.05, 4.69) is 0 Å². The number of nitrogens with zero attached hydrogens (tertiary/aromatic N) is 2. The summed E-state index contributed by atoms with van der Waals surface area (Å²) in [5.74, 6) is -1.97. The number of amides is 1. The molecule has 1 amide bonds. The Bertz CT molecular complexity index is 783. The van der Waals surface area contributed by atoms with E-state index < -0.39 is 42.1 Å². The third-order valence-corrected chi connectivity index (χ3v) is 5.34. The van der Waals surface area contributed by atoms with Crippen molar-refractivity contribution < 1.29 is 38.2 Å². The zero-order valence-electron chi connectivity index (χ0n) is 16.9. The standard InChI is InChI=1S/C19H24N2O8/c1-20-13(12(18(23)27-4)15(29-20)19(24)28-5)14-16(26-3)17(22)21(14)10-6-8-11(25-2)9-7-10/h6-9,12-16H,1-5H3/t12-,13+,14-,15-,16+/m0/s1. The van der Waals surface area contributed by atoms with E-state index in [1.54, 1.807) is 38.4 Å². The van der Waals surface area contributed by atoms with Gasteiger partial charge in [0.25, 0.3) is 5.91 Å². The van der Waals surface area contributed by atoms with Crippen molar-refractivity contribution in [2.24, 2.45) is 5.92 Å². The van der Waals surface area contributed by atoms with Gasteiger partial charge in [-0.2, -0.15) is 5.06 Å². The Hall–Kier alpha value is -2.69. The Morgan fingerprint density at radius 1 is 0.966 bits per heavy atom. The second-order valence-electron chi connectivity index (χ2n) is 6.69. The highest BCUT2D eigenvalue weighted by Gasteiger charge is 2.62. The summed E-state index contributed by atoms with van der Waals surface area (Å²) in [6.07, 6.45) is -2.00. The number of β-lactam (4-membered cyclic amide) rings is 1. The first-order valence-electron chi connectivity index (χ1n) is 8.94. The van der Waals surface area contributed by atoms with Gasteiger partial charge >= 0.3 is 11.9 Å². The number of likely N-dealkylation sites (N-methyl/N-ethyl adjacent to an activating group) is 1. The Morgan fingerprint density at radius 3 is 2.10 bits per heavy atom. The van der Waals surface area contributed by atoms with Crippen LogP contribution >= 0.6 is 0 Å². The molecule has 2 fully saturated rings. The fraction of sp³-hybridized carbons (Fsp3) is 0.526. The smallest absolute Gasteiger partial charge is 0.338 e. The first-order chi connectivity index (χ1) is 13.9. The minimum absolute atomic E-state index is 0.263. The summed E-state index contributed by atoms with van der Waals surface area (Å²) in [5.41, 5.74) is 0.604. The van der Waals surface area contributed by atoms with E-state index in [1.807, 2.05) is 0 Å². The molecule has 0 spiro atoms. The number of carbonyl (C=O) groups excluding carboxylic acids is 3. The Morgan fingerprint density at radius 2 is 1.59 bits per heavy atom. The van der Waals surface area contributed by atoms with Crippen LogP contribution in [-0.2, 0) is 33.4 Å². The fourth-order valence-electron chi connectivity index (χ4n) is 3.95. The number of ether oxygens (including phenoxy) is 4. The summed E-state index contributed by atoms with van der Waals surface area (Å²) in [6, 6.07) is 5.63. The van der Waals surface area contributed by atoms with E-state index in [9.17, 15) is 14.4 Å². The number of rotatable bonds is 6. The van der Waals surface area contributed by atoms with Crippen molar-refractivity contribution in [1.29, 1.82) is 0 Å². The van der Waals surface area contributed by atoms with Crippen LogP contribution in [0.25, 0.3) is 0 Å². The predicted octanol–water partition coefficient (Wildman–Crippen LogP) is 0.00180. The number of benzene rings is 1. The number of hydrogen-bond donors (Lipinski definition) is 0. The van der Waals surface area contributed by atoms with Gasteiger partial charge in [0.1, 0.15) is 11.7 Å². The molecule has 1 aromatic carbocycles. The number of anilines is 1. The van der Waals surface area contributed by atoms with Gasteiger partial charge in [-0.05, 0) is 24.3 Å². The van der Waals surface area contributed by atoms with Crippen LogP contribution in [0, 0.1) is 5.92 Å². The first-order valence-corrected chi connectivity index (χ1v) is 8.94. The van der Waals surface area contributed by atoms with Gasteiger partial charge in [0, 0.05) is 19.8 Å². The molecule has 2 heterocycles. The third kappa shape index (κ3) is 3.43. The second kappa shape index (κ2) is 8.36. The van der Waals surface area contributed by atoms with E-state index in [0.29, 0.717) is 11.4 Å². The van der Waals surface area contributed by atoms with Crippen LogP contribution < -0.4 is 9.64 Å². The molecule has 0 saturated carbocycles. The van der Waals surface area contributed by atoms with Crippen molar-refractivity contribution in [3.8, 4) is 5.75 Å². The van der Waals surface area contributed by atoms with Crippen LogP contribution in [0.3, 0.4) is 0 Å². The zero-order chi connectivity index (χ0) is 21.3. The van der Waals surface area contributed by atoms with Crippen LogP contribution in [0.1, 0.15) is 0 Å². The monoisotopic (exact) mass is 408 g/mol. The van der Waals surface area contributed by atoms with Crippen molar-refractivity contribution in [3.63, 3.8) is 0 Å². The Labute approximate surface area is 168 Å². The number of methoxy groups -OCH3 is 4. The molecule has 2 aliphatic heterocycles. The average Bonchev–Trinajstić information content (AvgIpc) is 3.07. The maximum Gasteiger partial charge on any atom is 0.338 e. The zero-order valence-corrected chi connectivity index (χ0v) is 16.9. The van der Waals surface area contributed by atoms with Gasteiger partial charge in [0.15, 0.2) is 12.2 Å². The van der Waals surface area contributed by atoms with Crippen molar-refractivity contribution in [1.82, 2.24) is 5.06 Å². The minimum atomic E-state index is -1.19. The molecule has 3 rings (SSSR count). The highest BCUT2D eigenvalue weighted by molar-refractivity contribution is 6.05. The van der Waals surface area contributed by atoms with E-state index in [1.165, 1.54) is 31.3 Å². The topological polar surface area (TPSA) is 104 Å². The van der Waals surface area contributed by atoms with Gasteiger partial charge in [-0.1, -0.05) is 0 Å². The maximum absolute atomic E-state index is 12.7. The summed E-state index contributed by atoms with van der Waals surface area (Å²) < 4.78 is 20.2.